The molecule has 0 N–H and O–H groups in total. The van der Waals surface area contributed by atoms with Crippen molar-refractivity contribution < 1.29 is 0 Å². The van der Waals surface area contributed by atoms with E-state index >= 15 is 0 Å². The number of hydrogen-bond donors (Lipinski definition) is 0. The average molecular weight is 640 g/mol. The third kappa shape index (κ3) is 2.35. The van der Waals surface area contributed by atoms with Crippen LogP contribution in [0.4, 0.5) is 0 Å². The molecule has 0 bridgehead atoms. The summed E-state index contributed by atoms with van der Waals surface area (Å²) in [6, 6.07) is 24.4. The molecule has 8 rings (SSSR count). The molecule has 0 aliphatic heterocycles. The average Bonchev–Trinajstić information content (AvgIpc) is 3.51. The Morgan fingerprint density at radius 2 is 0.833 bits per heavy atom. The van der Waals surface area contributed by atoms with Gasteiger partial charge in [-0.05, 0) is 0 Å². The zero-order valence-electron chi connectivity index (χ0n) is 15.6. The van der Waals surface area contributed by atoms with Gasteiger partial charge in [0.25, 0.3) is 0 Å². The molecule has 0 atom stereocenters. The Morgan fingerprint density at radius 3 is 1.33 bits per heavy atom. The third-order valence-electron chi connectivity index (χ3n) is 6.14. The number of fused-ring (bicyclic) bond motifs is 9. The van der Waals surface area contributed by atoms with Crippen molar-refractivity contribution in [1.29, 1.82) is 0 Å². The van der Waals surface area contributed by atoms with Crippen LogP contribution in [0.3, 0.4) is 0 Å². The zero-order valence-corrected chi connectivity index (χ0v) is 22.4. The fourth-order valence-electron chi connectivity index (χ4n) is 4.67. The molecule has 0 aliphatic rings. The first-order valence-electron chi connectivity index (χ1n) is 9.81. The van der Waals surface area contributed by atoms with E-state index in [9.17, 15) is 0 Å². The van der Waals surface area contributed by atoms with Gasteiger partial charge in [-0.2, -0.15) is 0 Å². The molecule has 0 radical (unpaired) electrons. The molecule has 4 aromatic heterocycles. The normalized spacial score (nSPS) is 12.7. The van der Waals surface area contributed by atoms with E-state index in [1.165, 1.54) is 32.3 Å². The third-order valence-corrected chi connectivity index (χ3v) is 15.5. The quantitative estimate of drug-likeness (QED) is 0.179. The van der Waals surface area contributed by atoms with Gasteiger partial charge in [-0.25, -0.2) is 0 Å². The van der Waals surface area contributed by atoms with Crippen LogP contribution in [-0.4, -0.2) is 58.0 Å². The van der Waals surface area contributed by atoms with E-state index in [1.54, 1.807) is 36.3 Å². The van der Waals surface area contributed by atoms with E-state index in [2.05, 4.69) is 70.5 Å². The van der Waals surface area contributed by atoms with Gasteiger partial charge >= 0.3 is 197 Å². The van der Waals surface area contributed by atoms with Gasteiger partial charge in [-0.15, -0.1) is 0 Å². The van der Waals surface area contributed by atoms with Gasteiger partial charge in [-0.3, -0.25) is 0 Å². The Morgan fingerprint density at radius 1 is 0.400 bits per heavy atom. The molecular weight excluding hydrogens is 628 g/mol. The Balaban J connectivity index is 1.49. The Bertz CT molecular complexity index is 1810. The zero-order chi connectivity index (χ0) is 19.4. The minimum atomic E-state index is 0.431. The summed E-state index contributed by atoms with van der Waals surface area (Å²) in [5.41, 5.74) is 0. The molecule has 0 saturated heterocycles. The molecule has 0 spiro atoms. The van der Waals surface area contributed by atoms with Crippen LogP contribution in [0.5, 0.6) is 0 Å². The molecule has 0 nitrogen and oxygen atoms in total. The second kappa shape index (κ2) is 6.14. The second-order valence-corrected chi connectivity index (χ2v) is 16.3. The molecule has 30 heavy (non-hydrogen) atoms. The summed E-state index contributed by atoms with van der Waals surface area (Å²) >= 11 is 1.89. The van der Waals surface area contributed by atoms with Gasteiger partial charge in [0.05, 0.1) is 0 Å². The molecule has 4 heteroatoms. The summed E-state index contributed by atoms with van der Waals surface area (Å²) in [7, 11) is 0. The summed E-state index contributed by atoms with van der Waals surface area (Å²) in [6.07, 6.45) is 0. The van der Waals surface area contributed by atoms with Crippen LogP contribution in [0.2, 0.25) is 0 Å². The van der Waals surface area contributed by atoms with E-state index < -0.39 is 0 Å². The topological polar surface area (TPSA) is 0 Å². The first kappa shape index (κ1) is 17.3. The molecule has 0 amide bonds. The molecule has 4 heterocycles. The summed E-state index contributed by atoms with van der Waals surface area (Å²) in [5, 5.41) is 11.7. The van der Waals surface area contributed by atoms with Crippen molar-refractivity contribution in [2.75, 3.05) is 0 Å². The van der Waals surface area contributed by atoms with Gasteiger partial charge in [0, 0.05) is 0 Å². The predicted molar refractivity (Wildman–Crippen MR) is 137 cm³/mol. The van der Waals surface area contributed by atoms with E-state index in [0.29, 0.717) is 58.0 Å². The summed E-state index contributed by atoms with van der Waals surface area (Å²) < 4.78 is 9.63. The van der Waals surface area contributed by atoms with E-state index in [4.69, 9.17) is 0 Å². The van der Waals surface area contributed by atoms with Gasteiger partial charge < -0.3 is 0 Å². The maximum atomic E-state index is 2.51. The molecule has 8 aromatic rings. The predicted octanol–water partition coefficient (Wildman–Crippen LogP) is 5.99. The molecule has 140 valence electrons. The molecule has 0 unspecified atom stereocenters. The van der Waals surface area contributed by atoms with Gasteiger partial charge in [0.1, 0.15) is 0 Å². The standard InChI is InChI=1S/C26H12Se4/c1-3-27-21-9-17-7-19-23(11-15(17)5-13(1)21)29-26-20-8-18-10-22-14(2-4-28-22)6-16(18)12-24(20)30-25(19)26/h1-12H. The number of hydrogen-bond acceptors (Lipinski definition) is 0. The summed E-state index contributed by atoms with van der Waals surface area (Å²) in [4.78, 5) is 4.70. The monoisotopic (exact) mass is 644 g/mol. The second-order valence-electron chi connectivity index (χ2n) is 7.87. The van der Waals surface area contributed by atoms with Crippen LogP contribution < -0.4 is 0 Å². The van der Waals surface area contributed by atoms with E-state index in [-0.39, 0.29) is 0 Å². The summed E-state index contributed by atoms with van der Waals surface area (Å²) in [5.74, 6) is 0. The Labute approximate surface area is 195 Å². The van der Waals surface area contributed by atoms with E-state index in [1.807, 2.05) is 0 Å². The molecular formula is C26H12Se4. The number of rotatable bonds is 0. The first-order valence-corrected chi connectivity index (χ1v) is 16.9. The van der Waals surface area contributed by atoms with Crippen molar-refractivity contribution in [3.05, 3.63) is 70.5 Å². The minimum absolute atomic E-state index is 0.431. The van der Waals surface area contributed by atoms with Crippen molar-refractivity contribution in [3.63, 3.8) is 0 Å². The van der Waals surface area contributed by atoms with Gasteiger partial charge in [0.15, 0.2) is 0 Å². The maximum absolute atomic E-state index is 2.51. The summed E-state index contributed by atoms with van der Waals surface area (Å²) in [6.45, 7) is 0. The molecule has 0 saturated carbocycles. The Hall–Kier alpha value is -1.30. The Kier molecular flexibility index (Phi) is 3.54. The van der Waals surface area contributed by atoms with E-state index in [0.717, 1.165) is 0 Å². The fraction of sp³-hybridized carbons (Fsp3) is 0. The first-order chi connectivity index (χ1) is 14.8. The van der Waals surface area contributed by atoms with Crippen molar-refractivity contribution in [2.24, 2.45) is 0 Å². The van der Waals surface area contributed by atoms with Crippen LogP contribution in [0.1, 0.15) is 0 Å². The van der Waals surface area contributed by atoms with Crippen molar-refractivity contribution >= 4 is 127 Å². The molecule has 0 aliphatic carbocycles. The van der Waals surface area contributed by atoms with Crippen LogP contribution in [0, 0.1) is 0 Å². The molecule has 0 fully saturated rings. The van der Waals surface area contributed by atoms with Crippen LogP contribution in [0.15, 0.2) is 70.5 Å². The molecule has 4 aromatic carbocycles. The number of benzene rings is 4. The van der Waals surface area contributed by atoms with Crippen molar-refractivity contribution in [2.45, 2.75) is 0 Å². The van der Waals surface area contributed by atoms with Gasteiger partial charge in [0.2, 0.25) is 0 Å². The van der Waals surface area contributed by atoms with Gasteiger partial charge in [-0.1, -0.05) is 0 Å². The SMILES string of the molecule is c1cc2cc3cc4[se]c5c6cc7cc8[se]ccc8cc7cc6[se]c5c4cc3cc2[se]1. The van der Waals surface area contributed by atoms with Crippen LogP contribution in [-0.2, 0) is 0 Å². The fourth-order valence-corrected chi connectivity index (χ4v) is 14.5. The van der Waals surface area contributed by atoms with Crippen molar-refractivity contribution in [1.82, 2.24) is 0 Å². The van der Waals surface area contributed by atoms with Crippen LogP contribution >= 0.6 is 0 Å². The van der Waals surface area contributed by atoms with Crippen molar-refractivity contribution in [3.8, 4) is 0 Å². The van der Waals surface area contributed by atoms with Crippen LogP contribution in [0.25, 0.3) is 68.7 Å².